The highest BCUT2D eigenvalue weighted by molar-refractivity contribution is 7.19. The number of hydrogen-bond donors (Lipinski definition) is 0. The Hall–Kier alpha value is -2.54. The number of carbonyl (C=O) groups is 1. The molecule has 0 fully saturated rings. The van der Waals surface area contributed by atoms with Crippen molar-refractivity contribution in [3.63, 3.8) is 0 Å². The normalized spacial score (nSPS) is 12.3. The number of methoxy groups -OCH3 is 1. The Bertz CT molecular complexity index is 976. The van der Waals surface area contributed by atoms with E-state index in [1.165, 1.54) is 41.5 Å². The fourth-order valence-electron chi connectivity index (χ4n) is 2.64. The quantitative estimate of drug-likeness (QED) is 0.683. The number of aryl methyl sites for hydroxylation is 1. The van der Waals surface area contributed by atoms with Crippen LogP contribution in [0.4, 0.5) is 4.39 Å². The Labute approximate surface area is 141 Å². The van der Waals surface area contributed by atoms with Crippen LogP contribution in [0.1, 0.15) is 17.8 Å². The summed E-state index contributed by atoms with van der Waals surface area (Å²) in [6.45, 7) is 3.47. The summed E-state index contributed by atoms with van der Waals surface area (Å²) in [5.74, 6) is -0.862. The second-order valence-electron chi connectivity index (χ2n) is 5.38. The maximum atomic E-state index is 13.2. The molecule has 0 spiro atoms. The largest absolute Gasteiger partial charge is 0.467 e. The van der Waals surface area contributed by atoms with Crippen molar-refractivity contribution in [1.29, 1.82) is 0 Å². The molecule has 0 aliphatic carbocycles. The van der Waals surface area contributed by atoms with E-state index in [9.17, 15) is 14.0 Å². The molecule has 2 aromatic heterocycles. The lowest BCUT2D eigenvalue weighted by atomic mass is 10.0. The fourth-order valence-corrected chi connectivity index (χ4v) is 3.64. The molecule has 0 unspecified atom stereocenters. The fraction of sp³-hybridized carbons (Fsp3) is 0.235. The molecule has 2 heterocycles. The summed E-state index contributed by atoms with van der Waals surface area (Å²) in [6.07, 6.45) is 1.36. The minimum atomic E-state index is -0.777. The average molecular weight is 346 g/mol. The molecule has 1 atom stereocenters. The molecule has 0 saturated carbocycles. The van der Waals surface area contributed by atoms with Gasteiger partial charge in [-0.3, -0.25) is 9.36 Å². The van der Waals surface area contributed by atoms with Crippen molar-refractivity contribution >= 4 is 27.5 Å². The summed E-state index contributed by atoms with van der Waals surface area (Å²) >= 11 is 1.39. The van der Waals surface area contributed by atoms with Gasteiger partial charge in [-0.05, 0) is 31.5 Å². The minimum absolute atomic E-state index is 0.318. The maximum Gasteiger partial charge on any atom is 0.328 e. The Morgan fingerprint density at radius 2 is 2.00 bits per heavy atom. The summed E-state index contributed by atoms with van der Waals surface area (Å²) in [5, 5.41) is 0.433. The van der Waals surface area contributed by atoms with E-state index in [-0.39, 0.29) is 11.4 Å². The van der Waals surface area contributed by atoms with Gasteiger partial charge in [0.15, 0.2) is 0 Å². The molecule has 0 amide bonds. The molecular formula is C17H15FN2O3S. The molecule has 0 aliphatic heterocycles. The Kier molecular flexibility index (Phi) is 4.19. The highest BCUT2D eigenvalue weighted by atomic mass is 32.1. The van der Waals surface area contributed by atoms with Crippen LogP contribution in [0.25, 0.3) is 21.3 Å². The van der Waals surface area contributed by atoms with Crippen LogP contribution in [0.3, 0.4) is 0 Å². The first-order chi connectivity index (χ1) is 11.4. The zero-order valence-corrected chi connectivity index (χ0v) is 14.2. The van der Waals surface area contributed by atoms with E-state index in [1.54, 1.807) is 19.1 Å². The SMILES string of the molecule is COC(=O)[C@@H](C)n1cnc2sc(C)c(-c3ccc(F)cc3)c2c1=O. The zero-order valence-electron chi connectivity index (χ0n) is 13.4. The standard InChI is InChI=1S/C17H15FN2O3S/c1-9(17(22)23-3)20-8-19-15-14(16(20)21)13(10(2)24-15)11-4-6-12(18)7-5-11/h4-9H,1-3H3/t9-/m1/s1. The average Bonchev–Trinajstić information content (AvgIpc) is 2.91. The summed E-state index contributed by atoms with van der Waals surface area (Å²) in [5.41, 5.74) is 1.14. The Balaban J connectivity index is 2.27. The summed E-state index contributed by atoms with van der Waals surface area (Å²) in [7, 11) is 1.27. The van der Waals surface area contributed by atoms with E-state index in [4.69, 9.17) is 4.74 Å². The van der Waals surface area contributed by atoms with Crippen molar-refractivity contribution in [2.24, 2.45) is 0 Å². The highest BCUT2D eigenvalue weighted by Gasteiger charge is 2.22. The van der Waals surface area contributed by atoms with Crippen molar-refractivity contribution < 1.29 is 13.9 Å². The molecule has 0 N–H and O–H groups in total. The maximum absolute atomic E-state index is 13.2. The topological polar surface area (TPSA) is 61.2 Å². The van der Waals surface area contributed by atoms with Crippen molar-refractivity contribution in [2.75, 3.05) is 7.11 Å². The van der Waals surface area contributed by atoms with E-state index in [1.807, 2.05) is 6.92 Å². The molecule has 7 heteroatoms. The van der Waals surface area contributed by atoms with Gasteiger partial charge >= 0.3 is 5.97 Å². The third-order valence-electron chi connectivity index (χ3n) is 3.91. The van der Waals surface area contributed by atoms with Gasteiger partial charge in [-0.15, -0.1) is 11.3 Å². The van der Waals surface area contributed by atoms with E-state index in [2.05, 4.69) is 4.98 Å². The molecule has 24 heavy (non-hydrogen) atoms. The van der Waals surface area contributed by atoms with Gasteiger partial charge in [-0.25, -0.2) is 14.2 Å². The number of rotatable bonds is 3. The third-order valence-corrected chi connectivity index (χ3v) is 4.92. The second-order valence-corrected chi connectivity index (χ2v) is 6.58. The van der Waals surface area contributed by atoms with Crippen LogP contribution in [0, 0.1) is 12.7 Å². The van der Waals surface area contributed by atoms with E-state index < -0.39 is 12.0 Å². The lowest BCUT2D eigenvalue weighted by molar-refractivity contribution is -0.144. The molecule has 124 valence electrons. The third kappa shape index (κ3) is 2.60. The van der Waals surface area contributed by atoms with E-state index in [0.29, 0.717) is 10.2 Å². The summed E-state index contributed by atoms with van der Waals surface area (Å²) in [6, 6.07) is 5.18. The number of ether oxygens (including phenoxy) is 1. The Morgan fingerprint density at radius 1 is 1.33 bits per heavy atom. The van der Waals surface area contributed by atoms with Crippen LogP contribution in [-0.4, -0.2) is 22.6 Å². The molecule has 3 aromatic rings. The lowest BCUT2D eigenvalue weighted by Gasteiger charge is -2.12. The van der Waals surface area contributed by atoms with Gasteiger partial charge in [-0.2, -0.15) is 0 Å². The van der Waals surface area contributed by atoms with Gasteiger partial charge in [0.2, 0.25) is 0 Å². The summed E-state index contributed by atoms with van der Waals surface area (Å²) in [4.78, 5) is 30.5. The van der Waals surface area contributed by atoms with Crippen molar-refractivity contribution in [3.05, 3.63) is 51.6 Å². The molecule has 3 rings (SSSR count). The predicted molar refractivity (Wildman–Crippen MR) is 90.7 cm³/mol. The molecular weight excluding hydrogens is 331 g/mol. The number of aromatic nitrogens is 2. The monoisotopic (exact) mass is 346 g/mol. The number of thiophene rings is 1. The van der Waals surface area contributed by atoms with Crippen LogP contribution in [-0.2, 0) is 9.53 Å². The van der Waals surface area contributed by atoms with Gasteiger partial charge in [0.25, 0.3) is 5.56 Å². The number of halogens is 1. The smallest absolute Gasteiger partial charge is 0.328 e. The molecule has 0 bridgehead atoms. The predicted octanol–water partition coefficient (Wildman–Crippen LogP) is 3.31. The molecule has 1 aromatic carbocycles. The first-order valence-electron chi connectivity index (χ1n) is 7.28. The van der Waals surface area contributed by atoms with Crippen LogP contribution in [0.15, 0.2) is 35.4 Å². The van der Waals surface area contributed by atoms with Crippen LogP contribution in [0.5, 0.6) is 0 Å². The minimum Gasteiger partial charge on any atom is -0.467 e. The van der Waals surface area contributed by atoms with Crippen LogP contribution >= 0.6 is 11.3 Å². The van der Waals surface area contributed by atoms with Gasteiger partial charge in [-0.1, -0.05) is 12.1 Å². The first kappa shape index (κ1) is 16.3. The molecule has 0 radical (unpaired) electrons. The van der Waals surface area contributed by atoms with Crippen LogP contribution in [0.2, 0.25) is 0 Å². The molecule has 0 aliphatic rings. The number of esters is 1. The van der Waals surface area contributed by atoms with Gasteiger partial charge in [0.1, 0.15) is 16.7 Å². The molecule has 0 saturated heterocycles. The first-order valence-corrected chi connectivity index (χ1v) is 8.09. The number of benzene rings is 1. The highest BCUT2D eigenvalue weighted by Crippen LogP contribution is 2.35. The second kappa shape index (κ2) is 6.16. The van der Waals surface area contributed by atoms with Gasteiger partial charge < -0.3 is 4.74 Å². The lowest BCUT2D eigenvalue weighted by Crippen LogP contribution is -2.29. The van der Waals surface area contributed by atoms with Crippen molar-refractivity contribution in [3.8, 4) is 11.1 Å². The van der Waals surface area contributed by atoms with E-state index >= 15 is 0 Å². The summed E-state index contributed by atoms with van der Waals surface area (Å²) < 4.78 is 19.2. The van der Waals surface area contributed by atoms with Crippen molar-refractivity contribution in [2.45, 2.75) is 19.9 Å². The van der Waals surface area contributed by atoms with Gasteiger partial charge in [0.05, 0.1) is 18.8 Å². The van der Waals surface area contributed by atoms with E-state index in [0.717, 1.165) is 16.0 Å². The number of nitrogens with zero attached hydrogens (tertiary/aromatic N) is 2. The van der Waals surface area contributed by atoms with Crippen LogP contribution < -0.4 is 5.56 Å². The zero-order chi connectivity index (χ0) is 17.4. The molecule has 5 nitrogen and oxygen atoms in total. The van der Waals surface area contributed by atoms with Crippen molar-refractivity contribution in [1.82, 2.24) is 9.55 Å². The number of carbonyl (C=O) groups excluding carboxylic acids is 1. The number of hydrogen-bond acceptors (Lipinski definition) is 5. The Morgan fingerprint density at radius 3 is 2.62 bits per heavy atom. The number of fused-ring (bicyclic) bond motifs is 1. The van der Waals surface area contributed by atoms with Gasteiger partial charge in [0, 0.05) is 10.4 Å².